The molecule has 12 heteroatoms. The zero-order valence-electron chi connectivity index (χ0n) is 17.4. The van der Waals surface area contributed by atoms with Crippen LogP contribution < -0.4 is 0 Å². The standard InChI is InChI=1S/2C8H17.Mo.2H3O3PS.S/c2*1-4-6-7-8(3)5-2;;2*1-4(2,3)5;/h2*8H,3-7H2,1-2H3;;2*(H3,1,2,3,5);/q;;+1;;;/p-1. The molecule has 28 heavy (non-hydrogen) atoms. The summed E-state index contributed by atoms with van der Waals surface area (Å²) in [6, 6.07) is 0. The zero-order chi connectivity index (χ0) is 22.4. The van der Waals surface area contributed by atoms with Crippen molar-refractivity contribution in [2.24, 2.45) is 11.8 Å². The van der Waals surface area contributed by atoms with Crippen molar-refractivity contribution in [1.82, 2.24) is 0 Å². The summed E-state index contributed by atoms with van der Waals surface area (Å²) < 4.78 is 5.69. The van der Waals surface area contributed by atoms with Gasteiger partial charge in [0.25, 0.3) is 0 Å². The van der Waals surface area contributed by atoms with Crippen LogP contribution in [0.2, 0.25) is 9.62 Å². The Hall–Kier alpha value is 1.97. The number of hydrogen-bond acceptors (Lipinski definition) is 4. The molecule has 0 bridgehead atoms. The summed E-state index contributed by atoms with van der Waals surface area (Å²) in [4.78, 5) is 43.9. The minimum absolute atomic E-state index is 0.541. The maximum absolute atomic E-state index is 9.72. The van der Waals surface area contributed by atoms with Gasteiger partial charge >= 0.3 is 163 Å². The Labute approximate surface area is 188 Å². The van der Waals surface area contributed by atoms with Gasteiger partial charge in [-0.2, -0.15) is 0 Å². The van der Waals surface area contributed by atoms with Crippen molar-refractivity contribution in [3.63, 3.8) is 0 Å². The molecule has 0 aliphatic heterocycles. The van der Waals surface area contributed by atoms with E-state index in [0.29, 0.717) is 11.8 Å². The first-order valence-electron chi connectivity index (χ1n) is 9.74. The molecule has 0 spiro atoms. The van der Waals surface area contributed by atoms with E-state index in [1.807, 2.05) is 0 Å². The average Bonchev–Trinajstić information content (AvgIpc) is 2.52. The molecular formula is C16H39MoO6P2S3. The molecule has 0 heterocycles. The molecule has 5 N–H and O–H groups in total. The van der Waals surface area contributed by atoms with E-state index >= 15 is 0 Å². The third kappa shape index (κ3) is 22.6. The second-order valence-electron chi connectivity index (χ2n) is 6.99. The fourth-order valence-corrected chi connectivity index (χ4v) is 19.2. The van der Waals surface area contributed by atoms with Crippen LogP contribution in [0.3, 0.4) is 0 Å². The summed E-state index contributed by atoms with van der Waals surface area (Å²) in [6.45, 7) is 1.33. The molecule has 0 aliphatic rings. The molecule has 0 saturated heterocycles. The van der Waals surface area contributed by atoms with E-state index in [9.17, 15) is 9.79 Å². The Morgan fingerprint density at radius 3 is 1.32 bits per heavy atom. The Bertz CT molecular complexity index is 510. The van der Waals surface area contributed by atoms with Crippen molar-refractivity contribution in [2.45, 2.75) is 88.7 Å². The molecule has 173 valence electrons. The first-order chi connectivity index (χ1) is 12.7. The van der Waals surface area contributed by atoms with Crippen LogP contribution in [0.5, 0.6) is 0 Å². The van der Waals surface area contributed by atoms with Crippen LogP contribution in [0, 0.1) is 11.8 Å². The van der Waals surface area contributed by atoms with E-state index in [1.54, 1.807) is 0 Å². The number of rotatable bonds is 14. The largest absolute Gasteiger partial charge is 0.325 e. The van der Waals surface area contributed by atoms with Crippen LogP contribution in [0.15, 0.2) is 0 Å². The molecule has 0 radical (unpaired) electrons. The van der Waals surface area contributed by atoms with Gasteiger partial charge in [0.05, 0.1) is 0 Å². The molecule has 2 atom stereocenters. The Morgan fingerprint density at radius 2 is 1.11 bits per heavy atom. The average molecular weight is 582 g/mol. The van der Waals surface area contributed by atoms with Crippen LogP contribution >= 0.6 is 23.3 Å². The van der Waals surface area contributed by atoms with Crippen molar-refractivity contribution in [3.05, 3.63) is 0 Å². The van der Waals surface area contributed by atoms with Gasteiger partial charge in [-0.05, 0) is 11.8 Å². The van der Waals surface area contributed by atoms with E-state index in [0.717, 1.165) is 35.3 Å². The van der Waals surface area contributed by atoms with Gasteiger partial charge in [0.1, 0.15) is 0 Å². The predicted molar refractivity (Wildman–Crippen MR) is 125 cm³/mol. The molecule has 0 fully saturated rings. The van der Waals surface area contributed by atoms with Crippen molar-refractivity contribution in [2.75, 3.05) is 0 Å². The summed E-state index contributed by atoms with van der Waals surface area (Å²) in [5.74, 6) is 1.08. The molecule has 0 aromatic carbocycles. The monoisotopic (exact) mass is 583 g/mol. The van der Waals surface area contributed by atoms with E-state index in [-0.39, 0.29) is 0 Å². The van der Waals surface area contributed by atoms with E-state index in [2.05, 4.69) is 39.5 Å². The van der Waals surface area contributed by atoms with Gasteiger partial charge in [0.2, 0.25) is 0 Å². The third-order valence-electron chi connectivity index (χ3n) is 4.30. The van der Waals surface area contributed by atoms with Gasteiger partial charge in [0, 0.05) is 0 Å². The summed E-state index contributed by atoms with van der Waals surface area (Å²) in [6.07, 6.45) is 9.25. The molecule has 0 amide bonds. The molecule has 0 aromatic heterocycles. The van der Waals surface area contributed by atoms with Gasteiger partial charge in [-0.25, -0.2) is 0 Å². The van der Waals surface area contributed by atoms with Crippen molar-refractivity contribution >= 4 is 46.9 Å². The number of unbranched alkanes of at least 4 members (excludes halogenated alkanes) is 2. The maximum Gasteiger partial charge on any atom is 0.319 e. The first-order valence-corrected chi connectivity index (χ1v) is 21.5. The van der Waals surface area contributed by atoms with Crippen LogP contribution in [0.25, 0.3) is 0 Å². The van der Waals surface area contributed by atoms with Gasteiger partial charge in [-0.1, -0.05) is 0 Å². The Morgan fingerprint density at radius 1 is 0.786 bits per heavy atom. The van der Waals surface area contributed by atoms with Crippen molar-refractivity contribution in [3.8, 4) is 0 Å². The van der Waals surface area contributed by atoms with E-state index in [1.165, 1.54) is 25.7 Å². The summed E-state index contributed by atoms with van der Waals surface area (Å²) in [5.41, 5.74) is 0. The van der Waals surface area contributed by atoms with Gasteiger partial charge < -0.3 is 14.7 Å². The fraction of sp³-hybridized carbons (Fsp3) is 1.00. The van der Waals surface area contributed by atoms with Gasteiger partial charge in [-0.15, -0.1) is 0 Å². The molecule has 6 nitrogen and oxygen atoms in total. The van der Waals surface area contributed by atoms with Crippen LogP contribution in [0.1, 0.15) is 79.1 Å². The second-order valence-corrected chi connectivity index (χ2v) is 22.0. The molecule has 2 unspecified atom stereocenters. The molecule has 0 aliphatic carbocycles. The van der Waals surface area contributed by atoms with Crippen molar-refractivity contribution in [1.29, 1.82) is 0 Å². The summed E-state index contributed by atoms with van der Waals surface area (Å²) in [7, 11) is 5.94. The first kappa shape index (κ1) is 32.1. The van der Waals surface area contributed by atoms with Crippen LogP contribution in [0.4, 0.5) is 0 Å². The SMILES string of the molecule is CCCCC(CC)[CH2][Mo](=[S])([CH2]C(CC)CCCC)[O]P(O)(O)=S.OP(O)(O)=S. The quantitative estimate of drug-likeness (QED) is 0.127. The minimum Gasteiger partial charge on any atom is -0.325 e. The Kier molecular flexibility index (Phi) is 19.0. The normalized spacial score (nSPS) is 16.6. The zero-order valence-corrected chi connectivity index (χ0v) is 23.6. The minimum atomic E-state index is -3.81. The molecular weight excluding hydrogens is 542 g/mol. The molecule has 0 rings (SSSR count). The number of hydrogen-bond donors (Lipinski definition) is 5. The van der Waals surface area contributed by atoms with Crippen molar-refractivity contribution < 1.29 is 42.3 Å². The molecule has 0 saturated carbocycles. The summed E-state index contributed by atoms with van der Waals surface area (Å²) in [5, 5.41) is 0. The second kappa shape index (κ2) is 16.6. The van der Waals surface area contributed by atoms with Crippen LogP contribution in [-0.4, -0.2) is 24.5 Å². The molecule has 0 aromatic rings. The van der Waals surface area contributed by atoms with E-state index < -0.39 is 28.1 Å². The smallest absolute Gasteiger partial charge is 0.319 e. The van der Waals surface area contributed by atoms with Gasteiger partial charge in [-0.3, -0.25) is 0 Å². The summed E-state index contributed by atoms with van der Waals surface area (Å²) >= 11 is 5.13. The Balaban J connectivity index is 0. The van der Waals surface area contributed by atoms with E-state index in [4.69, 9.17) is 39.5 Å². The predicted octanol–water partition coefficient (Wildman–Crippen LogP) is 5.85. The topological polar surface area (TPSA) is 110 Å². The van der Waals surface area contributed by atoms with Crippen LogP contribution in [-0.2, 0) is 41.4 Å². The fourth-order valence-electron chi connectivity index (χ4n) is 2.82. The maximum atomic E-state index is 9.72. The third-order valence-corrected chi connectivity index (χ3v) is 16.8. The van der Waals surface area contributed by atoms with Gasteiger partial charge in [0.15, 0.2) is 0 Å².